The van der Waals surface area contributed by atoms with Crippen LogP contribution in [0.1, 0.15) is 31.1 Å². The zero-order valence-corrected chi connectivity index (χ0v) is 16.2. The second-order valence-corrected chi connectivity index (χ2v) is 7.05. The predicted molar refractivity (Wildman–Crippen MR) is 104 cm³/mol. The van der Waals surface area contributed by atoms with Crippen LogP contribution in [0, 0.1) is 0 Å². The van der Waals surface area contributed by atoms with Crippen LogP contribution in [0.3, 0.4) is 0 Å². The monoisotopic (exact) mass is 370 g/mol. The van der Waals surface area contributed by atoms with Gasteiger partial charge in [0.25, 0.3) is 5.91 Å². The van der Waals surface area contributed by atoms with E-state index >= 15 is 0 Å². The van der Waals surface area contributed by atoms with Gasteiger partial charge in [0.2, 0.25) is 0 Å². The number of rotatable bonds is 5. The van der Waals surface area contributed by atoms with Gasteiger partial charge in [-0.25, -0.2) is 0 Å². The molecule has 0 spiro atoms. The maximum Gasteiger partial charge on any atom is 0.279 e. The van der Waals surface area contributed by atoms with E-state index in [1.807, 2.05) is 43.5 Å². The SMILES string of the molecule is CCn1c(=NC(=O)c2ccc(OC(C)C)cc2)sc2cccc(OC)c21. The number of para-hydroxylation sites is 1. The summed E-state index contributed by atoms with van der Waals surface area (Å²) in [6.07, 6.45) is 0.0956. The molecule has 1 amide bonds. The topological polar surface area (TPSA) is 52.8 Å². The predicted octanol–water partition coefficient (Wildman–Crippen LogP) is 4.26. The molecule has 0 N–H and O–H groups in total. The van der Waals surface area contributed by atoms with E-state index in [2.05, 4.69) is 4.99 Å². The highest BCUT2D eigenvalue weighted by molar-refractivity contribution is 7.16. The molecule has 3 aromatic rings. The van der Waals surface area contributed by atoms with Gasteiger partial charge in [0, 0.05) is 12.1 Å². The Hall–Kier alpha value is -2.60. The van der Waals surface area contributed by atoms with Crippen LogP contribution in [-0.4, -0.2) is 23.7 Å². The van der Waals surface area contributed by atoms with Crippen molar-refractivity contribution in [2.24, 2.45) is 4.99 Å². The highest BCUT2D eigenvalue weighted by Gasteiger charge is 2.12. The third kappa shape index (κ3) is 3.65. The van der Waals surface area contributed by atoms with Crippen molar-refractivity contribution in [2.45, 2.75) is 33.4 Å². The van der Waals surface area contributed by atoms with Crippen molar-refractivity contribution in [3.63, 3.8) is 0 Å². The molecular formula is C20H22N2O3S. The lowest BCUT2D eigenvalue weighted by Crippen LogP contribution is -2.16. The molecule has 0 unspecified atom stereocenters. The Bertz CT molecular complexity index is 984. The van der Waals surface area contributed by atoms with Crippen LogP contribution in [0.25, 0.3) is 10.2 Å². The number of aryl methyl sites for hydroxylation is 1. The number of carbonyl (C=O) groups excluding carboxylic acids is 1. The fourth-order valence-electron chi connectivity index (χ4n) is 2.74. The third-order valence-electron chi connectivity index (χ3n) is 3.87. The van der Waals surface area contributed by atoms with E-state index in [-0.39, 0.29) is 12.0 Å². The normalized spacial score (nSPS) is 12.0. The van der Waals surface area contributed by atoms with Gasteiger partial charge >= 0.3 is 0 Å². The largest absolute Gasteiger partial charge is 0.495 e. The van der Waals surface area contributed by atoms with Crippen molar-refractivity contribution in [1.29, 1.82) is 0 Å². The molecule has 136 valence electrons. The molecule has 26 heavy (non-hydrogen) atoms. The van der Waals surface area contributed by atoms with Crippen molar-refractivity contribution in [1.82, 2.24) is 4.57 Å². The Kier molecular flexibility index (Phi) is 5.42. The first-order valence-corrected chi connectivity index (χ1v) is 9.37. The maximum atomic E-state index is 12.6. The molecule has 6 heteroatoms. The number of carbonyl (C=O) groups is 1. The molecule has 0 saturated heterocycles. The second-order valence-electron chi connectivity index (χ2n) is 6.04. The fraction of sp³-hybridized carbons (Fsp3) is 0.300. The van der Waals surface area contributed by atoms with E-state index < -0.39 is 0 Å². The van der Waals surface area contributed by atoms with E-state index in [1.54, 1.807) is 31.4 Å². The third-order valence-corrected chi connectivity index (χ3v) is 4.91. The van der Waals surface area contributed by atoms with Crippen molar-refractivity contribution in [2.75, 3.05) is 7.11 Å². The highest BCUT2D eigenvalue weighted by atomic mass is 32.1. The average Bonchev–Trinajstić information content (AvgIpc) is 2.98. The summed E-state index contributed by atoms with van der Waals surface area (Å²) in [6.45, 7) is 6.66. The number of thiazole rings is 1. The number of benzene rings is 2. The van der Waals surface area contributed by atoms with E-state index in [1.165, 1.54) is 11.3 Å². The number of hydrogen-bond acceptors (Lipinski definition) is 4. The molecule has 0 fully saturated rings. The Morgan fingerprint density at radius 2 is 1.92 bits per heavy atom. The first-order valence-electron chi connectivity index (χ1n) is 8.55. The molecule has 0 radical (unpaired) electrons. The van der Waals surface area contributed by atoms with E-state index in [0.29, 0.717) is 16.9 Å². The van der Waals surface area contributed by atoms with Gasteiger partial charge in [-0.15, -0.1) is 0 Å². The van der Waals surface area contributed by atoms with Gasteiger partial charge in [0.1, 0.15) is 17.0 Å². The molecule has 0 aliphatic rings. The molecule has 0 aliphatic carbocycles. The molecule has 0 saturated carbocycles. The number of aromatic nitrogens is 1. The summed E-state index contributed by atoms with van der Waals surface area (Å²) in [7, 11) is 1.65. The molecule has 5 nitrogen and oxygen atoms in total. The molecule has 1 heterocycles. The molecular weight excluding hydrogens is 348 g/mol. The summed E-state index contributed by atoms with van der Waals surface area (Å²) >= 11 is 1.48. The molecule has 0 aliphatic heterocycles. The first-order chi connectivity index (χ1) is 12.5. The molecule has 0 bridgehead atoms. The van der Waals surface area contributed by atoms with Crippen LogP contribution >= 0.6 is 11.3 Å². The highest BCUT2D eigenvalue weighted by Crippen LogP contribution is 2.27. The molecule has 3 rings (SSSR count). The number of amides is 1. The van der Waals surface area contributed by atoms with Crippen molar-refractivity contribution >= 4 is 27.5 Å². The number of nitrogens with zero attached hydrogens (tertiary/aromatic N) is 2. The van der Waals surface area contributed by atoms with Crippen molar-refractivity contribution < 1.29 is 14.3 Å². The zero-order chi connectivity index (χ0) is 18.7. The lowest BCUT2D eigenvalue weighted by molar-refractivity contribution is 0.0998. The minimum atomic E-state index is -0.270. The standard InChI is InChI=1S/C20H22N2O3S/c1-5-22-18-16(24-4)7-6-8-17(18)26-20(22)21-19(23)14-9-11-15(12-10-14)25-13(2)3/h6-13H,5H2,1-4H3. The Morgan fingerprint density at radius 1 is 1.19 bits per heavy atom. The van der Waals surface area contributed by atoms with Crippen LogP contribution in [0.2, 0.25) is 0 Å². The summed E-state index contributed by atoms with van der Waals surface area (Å²) in [5.74, 6) is 1.25. The summed E-state index contributed by atoms with van der Waals surface area (Å²) in [5.41, 5.74) is 1.50. The minimum absolute atomic E-state index is 0.0956. The smallest absolute Gasteiger partial charge is 0.279 e. The Labute approximate surface area is 156 Å². The van der Waals surface area contributed by atoms with Gasteiger partial charge in [0.15, 0.2) is 4.80 Å². The molecule has 2 aromatic carbocycles. The number of ether oxygens (including phenoxy) is 2. The quantitative estimate of drug-likeness (QED) is 0.674. The second kappa shape index (κ2) is 7.74. The molecule has 0 atom stereocenters. The lowest BCUT2D eigenvalue weighted by Gasteiger charge is -2.09. The Balaban J connectivity index is 2.00. The van der Waals surface area contributed by atoms with Gasteiger partial charge in [0.05, 0.1) is 17.9 Å². The zero-order valence-electron chi connectivity index (χ0n) is 15.4. The summed E-state index contributed by atoms with van der Waals surface area (Å²) in [4.78, 5) is 17.6. The first kappa shape index (κ1) is 18.2. The number of methoxy groups -OCH3 is 1. The van der Waals surface area contributed by atoms with Gasteiger partial charge in [-0.2, -0.15) is 4.99 Å². The average molecular weight is 370 g/mol. The van der Waals surface area contributed by atoms with Crippen LogP contribution in [0.15, 0.2) is 47.5 Å². The van der Waals surface area contributed by atoms with Crippen LogP contribution in [0.5, 0.6) is 11.5 Å². The van der Waals surface area contributed by atoms with Crippen LogP contribution in [0.4, 0.5) is 0 Å². The van der Waals surface area contributed by atoms with Crippen molar-refractivity contribution in [3.8, 4) is 11.5 Å². The van der Waals surface area contributed by atoms with Gasteiger partial charge in [-0.3, -0.25) is 4.79 Å². The fourth-order valence-corrected chi connectivity index (χ4v) is 3.85. The van der Waals surface area contributed by atoms with E-state index in [9.17, 15) is 4.79 Å². The van der Waals surface area contributed by atoms with Gasteiger partial charge < -0.3 is 14.0 Å². The van der Waals surface area contributed by atoms with Gasteiger partial charge in [-0.1, -0.05) is 17.4 Å². The number of hydrogen-bond donors (Lipinski definition) is 0. The maximum absolute atomic E-state index is 12.6. The van der Waals surface area contributed by atoms with Crippen LogP contribution in [-0.2, 0) is 6.54 Å². The van der Waals surface area contributed by atoms with E-state index in [4.69, 9.17) is 9.47 Å². The lowest BCUT2D eigenvalue weighted by atomic mass is 10.2. The summed E-state index contributed by atoms with van der Waals surface area (Å²) < 4.78 is 14.1. The van der Waals surface area contributed by atoms with Crippen molar-refractivity contribution in [3.05, 3.63) is 52.8 Å². The van der Waals surface area contributed by atoms with Gasteiger partial charge in [-0.05, 0) is 57.2 Å². The Morgan fingerprint density at radius 3 is 2.54 bits per heavy atom. The molecule has 1 aromatic heterocycles. The summed E-state index contributed by atoms with van der Waals surface area (Å²) in [5, 5.41) is 0. The van der Waals surface area contributed by atoms with Crippen LogP contribution < -0.4 is 14.3 Å². The number of fused-ring (bicyclic) bond motifs is 1. The minimum Gasteiger partial charge on any atom is -0.495 e. The van der Waals surface area contributed by atoms with E-state index in [0.717, 1.165) is 21.7 Å². The summed E-state index contributed by atoms with van der Waals surface area (Å²) in [6, 6.07) is 12.9.